The van der Waals surface area contributed by atoms with E-state index in [-0.39, 0.29) is 23.2 Å². The molecule has 1 saturated heterocycles. The van der Waals surface area contributed by atoms with Gasteiger partial charge in [0.1, 0.15) is 5.82 Å². The van der Waals surface area contributed by atoms with Crippen LogP contribution in [0.15, 0.2) is 30.5 Å². The van der Waals surface area contributed by atoms with Crippen LogP contribution in [0.5, 0.6) is 0 Å². The summed E-state index contributed by atoms with van der Waals surface area (Å²) in [5.74, 6) is -0.703. The first-order valence-corrected chi connectivity index (χ1v) is 7.06. The molecule has 1 fully saturated rings. The molecule has 0 spiro atoms. The molecule has 6 nitrogen and oxygen atoms in total. The minimum atomic E-state index is -0.398. The maximum absolute atomic E-state index is 13.3. The summed E-state index contributed by atoms with van der Waals surface area (Å²) in [4.78, 5) is 12.4. The number of hydrogen-bond acceptors (Lipinski definition) is 4. The molecule has 0 bridgehead atoms. The molecule has 1 atom stereocenters. The number of nitrogens with zero attached hydrogens (tertiary/aromatic N) is 3. The number of halogens is 1. The summed E-state index contributed by atoms with van der Waals surface area (Å²) in [7, 11) is 0. The monoisotopic (exact) mass is 304 g/mol. The van der Waals surface area contributed by atoms with Gasteiger partial charge in [0.25, 0.3) is 5.91 Å². The highest BCUT2D eigenvalue weighted by atomic mass is 19.1. The second kappa shape index (κ2) is 5.49. The number of carbonyl (C=O) groups excluding carboxylic acids is 1. The molecule has 1 unspecified atom stereocenters. The van der Waals surface area contributed by atoms with Crippen LogP contribution in [0.25, 0.3) is 5.69 Å². The minimum Gasteiger partial charge on any atom is -0.373 e. The van der Waals surface area contributed by atoms with Crippen molar-refractivity contribution in [2.45, 2.75) is 31.9 Å². The molecule has 0 radical (unpaired) electrons. The Morgan fingerprint density at radius 2 is 2.32 bits per heavy atom. The van der Waals surface area contributed by atoms with E-state index in [9.17, 15) is 9.18 Å². The highest BCUT2D eigenvalue weighted by molar-refractivity contribution is 5.93. The molecule has 0 aliphatic carbocycles. The predicted molar refractivity (Wildman–Crippen MR) is 77.2 cm³/mol. The first-order chi connectivity index (χ1) is 10.4. The fraction of sp³-hybridized carbons (Fsp3) is 0.400. The van der Waals surface area contributed by atoms with Crippen molar-refractivity contribution < 1.29 is 13.9 Å². The van der Waals surface area contributed by atoms with E-state index in [0.717, 1.165) is 6.42 Å². The lowest BCUT2D eigenvalue weighted by molar-refractivity contribution is 0.0355. The van der Waals surface area contributed by atoms with Crippen LogP contribution in [0.2, 0.25) is 0 Å². The van der Waals surface area contributed by atoms with Crippen molar-refractivity contribution in [1.82, 2.24) is 20.3 Å². The maximum Gasteiger partial charge on any atom is 0.272 e. The van der Waals surface area contributed by atoms with Crippen LogP contribution in [0, 0.1) is 5.82 Å². The van der Waals surface area contributed by atoms with Crippen molar-refractivity contribution >= 4 is 5.91 Å². The zero-order chi connectivity index (χ0) is 15.7. The van der Waals surface area contributed by atoms with Crippen molar-refractivity contribution in [3.05, 3.63) is 42.0 Å². The third-order valence-electron chi connectivity index (χ3n) is 3.58. The zero-order valence-electron chi connectivity index (χ0n) is 12.4. The lowest BCUT2D eigenvalue weighted by Gasteiger charge is -2.16. The Kier molecular flexibility index (Phi) is 3.66. The molecule has 22 heavy (non-hydrogen) atoms. The fourth-order valence-electron chi connectivity index (χ4n) is 2.58. The van der Waals surface area contributed by atoms with Gasteiger partial charge < -0.3 is 10.1 Å². The van der Waals surface area contributed by atoms with Crippen molar-refractivity contribution in [3.8, 4) is 5.69 Å². The van der Waals surface area contributed by atoms with Crippen LogP contribution < -0.4 is 5.32 Å². The average Bonchev–Trinajstić information content (AvgIpc) is 3.05. The SMILES string of the molecule is CC1(C)CC(NC(=O)c2cnnn2-c2cccc(F)c2)CO1. The Balaban J connectivity index is 1.79. The van der Waals surface area contributed by atoms with Crippen molar-refractivity contribution in [3.63, 3.8) is 0 Å². The number of benzene rings is 1. The van der Waals surface area contributed by atoms with E-state index in [1.807, 2.05) is 13.8 Å². The first kappa shape index (κ1) is 14.6. The van der Waals surface area contributed by atoms with E-state index in [1.165, 1.54) is 23.0 Å². The number of amides is 1. The lowest BCUT2D eigenvalue weighted by atomic mass is 10.0. The smallest absolute Gasteiger partial charge is 0.272 e. The van der Waals surface area contributed by atoms with E-state index >= 15 is 0 Å². The number of ether oxygens (including phenoxy) is 1. The van der Waals surface area contributed by atoms with Crippen LogP contribution in [0.4, 0.5) is 4.39 Å². The van der Waals surface area contributed by atoms with Crippen LogP contribution >= 0.6 is 0 Å². The van der Waals surface area contributed by atoms with E-state index < -0.39 is 5.82 Å². The van der Waals surface area contributed by atoms with Gasteiger partial charge in [0.15, 0.2) is 5.69 Å². The Morgan fingerprint density at radius 3 is 3.00 bits per heavy atom. The van der Waals surface area contributed by atoms with Crippen molar-refractivity contribution in [1.29, 1.82) is 0 Å². The normalized spacial score (nSPS) is 20.0. The van der Waals surface area contributed by atoms with Gasteiger partial charge in [-0.1, -0.05) is 11.3 Å². The van der Waals surface area contributed by atoms with Gasteiger partial charge in [0.2, 0.25) is 0 Å². The molecule has 2 aromatic rings. The second-order valence-electron chi connectivity index (χ2n) is 5.96. The number of rotatable bonds is 3. The lowest BCUT2D eigenvalue weighted by Crippen LogP contribution is -2.36. The molecule has 1 N–H and O–H groups in total. The highest BCUT2D eigenvalue weighted by Gasteiger charge is 2.33. The fourth-order valence-corrected chi connectivity index (χ4v) is 2.58. The Hall–Kier alpha value is -2.28. The van der Waals surface area contributed by atoms with E-state index in [2.05, 4.69) is 15.6 Å². The molecule has 1 aromatic carbocycles. The summed E-state index contributed by atoms with van der Waals surface area (Å²) in [5.41, 5.74) is 0.472. The molecule has 1 aliphatic heterocycles. The topological polar surface area (TPSA) is 69.0 Å². The summed E-state index contributed by atoms with van der Waals surface area (Å²) in [6.45, 7) is 4.44. The molecular formula is C15H17FN4O2. The molecular weight excluding hydrogens is 287 g/mol. The largest absolute Gasteiger partial charge is 0.373 e. The zero-order valence-corrected chi connectivity index (χ0v) is 12.4. The van der Waals surface area contributed by atoms with E-state index in [0.29, 0.717) is 12.3 Å². The van der Waals surface area contributed by atoms with Crippen molar-refractivity contribution in [2.24, 2.45) is 0 Å². The summed E-state index contributed by atoms with van der Waals surface area (Å²) in [6, 6.07) is 5.79. The van der Waals surface area contributed by atoms with Crippen LogP contribution in [-0.2, 0) is 4.74 Å². The van der Waals surface area contributed by atoms with Gasteiger partial charge in [-0.2, -0.15) is 0 Å². The Bertz CT molecular complexity index is 698. The highest BCUT2D eigenvalue weighted by Crippen LogP contribution is 2.24. The second-order valence-corrected chi connectivity index (χ2v) is 5.96. The number of hydrogen-bond donors (Lipinski definition) is 1. The van der Waals surface area contributed by atoms with Gasteiger partial charge in [-0.15, -0.1) is 5.10 Å². The Morgan fingerprint density at radius 1 is 1.50 bits per heavy atom. The third kappa shape index (κ3) is 2.99. The number of nitrogens with one attached hydrogen (secondary N) is 1. The van der Waals surface area contributed by atoms with Gasteiger partial charge in [0, 0.05) is 0 Å². The number of carbonyl (C=O) groups is 1. The van der Waals surface area contributed by atoms with E-state index in [1.54, 1.807) is 12.1 Å². The van der Waals surface area contributed by atoms with Gasteiger partial charge in [0.05, 0.1) is 30.1 Å². The molecule has 2 heterocycles. The molecule has 1 amide bonds. The van der Waals surface area contributed by atoms with Gasteiger partial charge in [-0.05, 0) is 38.5 Å². The maximum atomic E-state index is 13.3. The Labute approximate surface area is 127 Å². The molecule has 0 saturated carbocycles. The van der Waals surface area contributed by atoms with Crippen LogP contribution in [0.1, 0.15) is 30.8 Å². The van der Waals surface area contributed by atoms with E-state index in [4.69, 9.17) is 4.74 Å². The quantitative estimate of drug-likeness (QED) is 0.937. The summed E-state index contributed by atoms with van der Waals surface area (Å²) in [5, 5.41) is 10.5. The van der Waals surface area contributed by atoms with Gasteiger partial charge >= 0.3 is 0 Å². The molecule has 116 valence electrons. The molecule has 1 aromatic heterocycles. The van der Waals surface area contributed by atoms with Crippen molar-refractivity contribution in [2.75, 3.05) is 6.61 Å². The number of aromatic nitrogens is 3. The molecule has 7 heteroatoms. The standard InChI is InChI=1S/C15H17FN4O2/c1-15(2)7-11(9-22-15)18-14(21)13-8-17-19-20(13)12-5-3-4-10(16)6-12/h3-6,8,11H,7,9H2,1-2H3,(H,18,21). The summed E-state index contributed by atoms with van der Waals surface area (Å²) in [6.07, 6.45) is 2.10. The minimum absolute atomic E-state index is 0.0571. The molecule has 1 aliphatic rings. The van der Waals surface area contributed by atoms with Gasteiger partial charge in [-0.25, -0.2) is 9.07 Å². The van der Waals surface area contributed by atoms with Crippen LogP contribution in [-0.4, -0.2) is 39.2 Å². The van der Waals surface area contributed by atoms with Gasteiger partial charge in [-0.3, -0.25) is 4.79 Å². The summed E-state index contributed by atoms with van der Waals surface area (Å²) < 4.78 is 20.2. The molecule has 3 rings (SSSR count). The predicted octanol–water partition coefficient (Wildman–Crippen LogP) is 1.70. The first-order valence-electron chi connectivity index (χ1n) is 7.06. The average molecular weight is 304 g/mol. The van der Waals surface area contributed by atoms with Crippen LogP contribution in [0.3, 0.4) is 0 Å². The summed E-state index contributed by atoms with van der Waals surface area (Å²) >= 11 is 0. The third-order valence-corrected chi connectivity index (χ3v) is 3.58.